The molecule has 0 amide bonds. The van der Waals surface area contributed by atoms with Crippen LogP contribution in [-0.4, -0.2) is 67.4 Å². The fourth-order valence-corrected chi connectivity index (χ4v) is 2.62. The van der Waals surface area contributed by atoms with E-state index in [1.807, 2.05) is 18.3 Å². The molecule has 0 aliphatic carbocycles. The first-order valence-electron chi connectivity index (χ1n) is 9.23. The molecule has 0 aromatic carbocycles. The molecule has 2 N–H and O–H groups in total. The molecule has 8 nitrogen and oxygen atoms in total. The second-order valence-electron chi connectivity index (χ2n) is 6.59. The predicted molar refractivity (Wildman–Crippen MR) is 101 cm³/mol. The number of hydrogen-bond acceptors (Lipinski definition) is 6. The molecule has 3 rings (SSSR count). The normalized spacial score (nSPS) is 13.9. The summed E-state index contributed by atoms with van der Waals surface area (Å²) in [5, 5.41) is 14.2. The van der Waals surface area contributed by atoms with Crippen molar-refractivity contribution in [3.8, 4) is 0 Å². The molecule has 14 heteroatoms. The van der Waals surface area contributed by atoms with E-state index >= 15 is 0 Å². The number of rotatable bonds is 2. The maximum Gasteiger partial charge on any atom is 0.490 e. The van der Waals surface area contributed by atoms with Gasteiger partial charge in [-0.3, -0.25) is 9.88 Å². The Labute approximate surface area is 183 Å². The summed E-state index contributed by atoms with van der Waals surface area (Å²) in [6, 6.07) is 6.09. The molecule has 0 spiro atoms. The minimum Gasteiger partial charge on any atom is -0.475 e. The van der Waals surface area contributed by atoms with Gasteiger partial charge in [-0.2, -0.15) is 26.3 Å². The van der Waals surface area contributed by atoms with Crippen molar-refractivity contribution in [1.82, 2.24) is 19.9 Å². The van der Waals surface area contributed by atoms with Gasteiger partial charge in [0, 0.05) is 43.6 Å². The molecule has 0 unspecified atom stereocenters. The topological polar surface area (TPSA) is 117 Å². The van der Waals surface area contributed by atoms with Gasteiger partial charge in [-0.05, 0) is 31.0 Å². The quantitative estimate of drug-likeness (QED) is 0.628. The van der Waals surface area contributed by atoms with E-state index in [1.165, 1.54) is 11.3 Å². The summed E-state index contributed by atoms with van der Waals surface area (Å²) in [6.07, 6.45) is -4.58. The molecule has 0 saturated carbocycles. The molecule has 3 heterocycles. The van der Waals surface area contributed by atoms with Crippen molar-refractivity contribution in [3.63, 3.8) is 0 Å². The van der Waals surface area contributed by atoms with E-state index in [0.29, 0.717) is 0 Å². The number of carboxylic acid groups (broad SMARTS) is 2. The highest BCUT2D eigenvalue weighted by Crippen LogP contribution is 2.17. The molecule has 1 aliphatic heterocycles. The lowest BCUT2D eigenvalue weighted by molar-refractivity contribution is -0.193. The number of alkyl halides is 6. The second kappa shape index (κ2) is 12.1. The van der Waals surface area contributed by atoms with Crippen LogP contribution in [0.4, 0.5) is 26.3 Å². The number of carboxylic acids is 2. The van der Waals surface area contributed by atoms with E-state index in [-0.39, 0.29) is 0 Å². The Kier molecular flexibility index (Phi) is 10.2. The molecular formula is C19H20F6N4O4. The minimum absolute atomic E-state index is 0.918. The Bertz CT molecular complexity index is 899. The lowest BCUT2D eigenvalue weighted by Crippen LogP contribution is -2.26. The van der Waals surface area contributed by atoms with Gasteiger partial charge in [-0.15, -0.1) is 0 Å². The molecule has 33 heavy (non-hydrogen) atoms. The van der Waals surface area contributed by atoms with Crippen LogP contribution in [0.3, 0.4) is 0 Å². The lowest BCUT2D eigenvalue weighted by atomic mass is 10.1. The Balaban J connectivity index is 0.000000324. The molecule has 2 aromatic heterocycles. The van der Waals surface area contributed by atoms with E-state index < -0.39 is 24.3 Å². The standard InChI is InChI=1S/C15H18N4.2C2HF3O2/c1-12-14-5-8-19(9-6-15(14)18-11-17-12)10-13-4-2-3-7-16-13;2*3-2(4,5)1(6)7/h2-4,7,11H,5-6,8-10H2,1H3;2*(H,6,7). The van der Waals surface area contributed by atoms with Crippen LogP contribution >= 0.6 is 0 Å². The van der Waals surface area contributed by atoms with E-state index in [1.54, 1.807) is 6.33 Å². The summed E-state index contributed by atoms with van der Waals surface area (Å²) in [5.74, 6) is -5.51. The van der Waals surface area contributed by atoms with Crippen LogP contribution in [0.1, 0.15) is 22.6 Å². The van der Waals surface area contributed by atoms with Crippen molar-refractivity contribution < 1.29 is 46.1 Å². The third kappa shape index (κ3) is 10.2. The third-order valence-corrected chi connectivity index (χ3v) is 4.19. The van der Waals surface area contributed by atoms with Crippen molar-refractivity contribution >= 4 is 11.9 Å². The van der Waals surface area contributed by atoms with Gasteiger partial charge in [0.1, 0.15) is 6.33 Å². The maximum absolute atomic E-state index is 10.6. The first-order valence-corrected chi connectivity index (χ1v) is 9.23. The van der Waals surface area contributed by atoms with Gasteiger partial charge >= 0.3 is 24.3 Å². The largest absolute Gasteiger partial charge is 0.490 e. The summed E-state index contributed by atoms with van der Waals surface area (Å²) in [7, 11) is 0. The highest BCUT2D eigenvalue weighted by Gasteiger charge is 2.38. The van der Waals surface area contributed by atoms with E-state index in [2.05, 4.69) is 32.8 Å². The number of carbonyl (C=O) groups is 2. The molecule has 1 aliphatic rings. The highest BCUT2D eigenvalue weighted by atomic mass is 19.4. The van der Waals surface area contributed by atoms with Crippen molar-refractivity contribution in [2.24, 2.45) is 0 Å². The van der Waals surface area contributed by atoms with E-state index in [0.717, 1.165) is 43.9 Å². The fraction of sp³-hybridized carbons (Fsp3) is 0.421. The molecule has 2 aromatic rings. The van der Waals surface area contributed by atoms with Crippen LogP contribution in [0.5, 0.6) is 0 Å². The second-order valence-corrected chi connectivity index (χ2v) is 6.59. The van der Waals surface area contributed by atoms with E-state index in [9.17, 15) is 26.3 Å². The lowest BCUT2D eigenvalue weighted by Gasteiger charge is -2.18. The molecule has 0 saturated heterocycles. The number of pyridine rings is 1. The molecular weight excluding hydrogens is 462 g/mol. The number of hydrogen-bond donors (Lipinski definition) is 2. The number of aryl methyl sites for hydroxylation is 1. The van der Waals surface area contributed by atoms with E-state index in [4.69, 9.17) is 19.8 Å². The molecule has 0 radical (unpaired) electrons. The van der Waals surface area contributed by atoms with Crippen LogP contribution < -0.4 is 0 Å². The zero-order chi connectivity index (χ0) is 25.2. The number of halogens is 6. The first-order chi connectivity index (χ1) is 15.2. The van der Waals surface area contributed by atoms with Crippen LogP contribution in [0, 0.1) is 6.92 Å². The monoisotopic (exact) mass is 482 g/mol. The Morgan fingerprint density at radius 1 is 0.939 bits per heavy atom. The van der Waals surface area contributed by atoms with Crippen LogP contribution in [0.25, 0.3) is 0 Å². The molecule has 0 fully saturated rings. The average molecular weight is 482 g/mol. The summed E-state index contributed by atoms with van der Waals surface area (Å²) < 4.78 is 63.5. The fourth-order valence-electron chi connectivity index (χ4n) is 2.62. The summed E-state index contributed by atoms with van der Waals surface area (Å²) in [5.41, 5.74) is 4.82. The van der Waals surface area contributed by atoms with Gasteiger partial charge in [0.25, 0.3) is 0 Å². The summed E-state index contributed by atoms with van der Waals surface area (Å²) in [6.45, 7) is 5.09. The van der Waals surface area contributed by atoms with Crippen LogP contribution in [-0.2, 0) is 29.0 Å². The minimum atomic E-state index is -5.08. The average Bonchev–Trinajstić information content (AvgIpc) is 2.92. The number of aliphatic carboxylic acids is 2. The molecule has 182 valence electrons. The van der Waals surface area contributed by atoms with Crippen molar-refractivity contribution in [2.45, 2.75) is 38.7 Å². The van der Waals surface area contributed by atoms with Crippen molar-refractivity contribution in [3.05, 3.63) is 53.4 Å². The Morgan fingerprint density at radius 2 is 1.48 bits per heavy atom. The zero-order valence-corrected chi connectivity index (χ0v) is 17.2. The van der Waals surface area contributed by atoms with Gasteiger partial charge in [0.05, 0.1) is 5.69 Å². The smallest absolute Gasteiger partial charge is 0.475 e. The molecule has 0 atom stereocenters. The number of aromatic nitrogens is 3. The van der Waals surface area contributed by atoms with Crippen molar-refractivity contribution in [2.75, 3.05) is 13.1 Å². The summed E-state index contributed by atoms with van der Waals surface area (Å²) in [4.78, 5) is 33.4. The third-order valence-electron chi connectivity index (χ3n) is 4.19. The maximum atomic E-state index is 10.6. The number of nitrogens with zero attached hydrogens (tertiary/aromatic N) is 4. The molecule has 0 bridgehead atoms. The Hall–Kier alpha value is -3.29. The SMILES string of the molecule is Cc1ncnc2c1CCN(Cc1ccccn1)CC2.O=C(O)C(F)(F)F.O=C(O)C(F)(F)F. The van der Waals surface area contributed by atoms with Gasteiger partial charge in [0.2, 0.25) is 0 Å². The Morgan fingerprint density at radius 3 is 1.97 bits per heavy atom. The van der Waals surface area contributed by atoms with Gasteiger partial charge in [0.15, 0.2) is 0 Å². The van der Waals surface area contributed by atoms with Gasteiger partial charge in [-0.1, -0.05) is 6.07 Å². The van der Waals surface area contributed by atoms with Crippen LogP contribution in [0.15, 0.2) is 30.7 Å². The van der Waals surface area contributed by atoms with Crippen LogP contribution in [0.2, 0.25) is 0 Å². The predicted octanol–water partition coefficient (Wildman–Crippen LogP) is 3.05. The summed E-state index contributed by atoms with van der Waals surface area (Å²) >= 11 is 0. The first kappa shape index (κ1) is 27.7. The number of fused-ring (bicyclic) bond motifs is 1. The highest BCUT2D eigenvalue weighted by molar-refractivity contribution is 5.73. The van der Waals surface area contributed by atoms with Gasteiger partial charge in [-0.25, -0.2) is 19.6 Å². The van der Waals surface area contributed by atoms with Gasteiger partial charge < -0.3 is 10.2 Å². The van der Waals surface area contributed by atoms with Crippen molar-refractivity contribution in [1.29, 1.82) is 0 Å². The zero-order valence-electron chi connectivity index (χ0n) is 17.2.